The predicted molar refractivity (Wildman–Crippen MR) is 88.0 cm³/mol. The van der Waals surface area contributed by atoms with Crippen LogP contribution in [0.25, 0.3) is 0 Å². The van der Waals surface area contributed by atoms with Crippen LogP contribution in [-0.2, 0) is 16.6 Å². The summed E-state index contributed by atoms with van der Waals surface area (Å²) >= 11 is 3.75. The van der Waals surface area contributed by atoms with E-state index in [1.165, 1.54) is 5.75 Å². The maximum atomic E-state index is 12.4. The minimum Gasteiger partial charge on any atom is -0.316 e. The van der Waals surface area contributed by atoms with Gasteiger partial charge >= 0.3 is 0 Å². The molecule has 0 saturated carbocycles. The van der Waals surface area contributed by atoms with Crippen LogP contribution in [0.15, 0.2) is 29.2 Å². The molecule has 1 unspecified atom stereocenters. The second-order valence-corrected chi connectivity index (χ2v) is 8.85. The highest BCUT2D eigenvalue weighted by Crippen LogP contribution is 2.24. The third kappa shape index (κ3) is 4.39. The van der Waals surface area contributed by atoms with E-state index in [4.69, 9.17) is 0 Å². The van der Waals surface area contributed by atoms with Crippen LogP contribution < -0.4 is 10.0 Å². The number of benzene rings is 1. The van der Waals surface area contributed by atoms with Crippen molar-refractivity contribution < 1.29 is 8.42 Å². The minimum absolute atomic E-state index is 0.375. The molecule has 7 heteroatoms. The Kier molecular flexibility index (Phi) is 6.22. The summed E-state index contributed by atoms with van der Waals surface area (Å²) in [6.07, 6.45) is 0. The molecule has 0 bridgehead atoms. The quantitative estimate of drug-likeness (QED) is 0.827. The third-order valence-corrected chi connectivity index (χ3v) is 7.38. The van der Waals surface area contributed by atoms with Gasteiger partial charge in [0.15, 0.2) is 0 Å². The predicted octanol–water partition coefficient (Wildman–Crippen LogP) is 1.53. The van der Waals surface area contributed by atoms with Gasteiger partial charge in [-0.3, -0.25) is 0 Å². The molecular formula is C13H20N2O2S3. The van der Waals surface area contributed by atoms with Gasteiger partial charge in [-0.05, 0) is 18.7 Å². The molecule has 0 aromatic heterocycles. The molecule has 1 atom stereocenters. The molecular weight excluding hydrogens is 312 g/mol. The third-order valence-electron chi connectivity index (χ3n) is 3.02. The van der Waals surface area contributed by atoms with Crippen molar-refractivity contribution in [3.8, 4) is 0 Å². The molecule has 1 aromatic rings. The van der Waals surface area contributed by atoms with Crippen molar-refractivity contribution in [2.45, 2.75) is 16.7 Å². The first-order valence-corrected chi connectivity index (χ1v) is 10.2. The first-order valence-electron chi connectivity index (χ1n) is 6.55. The van der Waals surface area contributed by atoms with E-state index in [0.29, 0.717) is 23.2 Å². The van der Waals surface area contributed by atoms with Crippen LogP contribution in [0, 0.1) is 0 Å². The first kappa shape index (κ1) is 16.2. The normalized spacial score (nSPS) is 19.9. The lowest BCUT2D eigenvalue weighted by Gasteiger charge is -2.21. The van der Waals surface area contributed by atoms with Gasteiger partial charge in [-0.2, -0.15) is 23.5 Å². The summed E-state index contributed by atoms with van der Waals surface area (Å²) in [7, 11) is -1.61. The maximum absolute atomic E-state index is 12.4. The number of hydrogen-bond acceptors (Lipinski definition) is 5. The maximum Gasteiger partial charge on any atom is 0.240 e. The molecule has 20 heavy (non-hydrogen) atoms. The van der Waals surface area contributed by atoms with E-state index < -0.39 is 10.0 Å². The van der Waals surface area contributed by atoms with E-state index in [1.54, 1.807) is 12.1 Å². The van der Waals surface area contributed by atoms with E-state index >= 15 is 0 Å². The molecule has 1 heterocycles. The number of sulfonamides is 1. The summed E-state index contributed by atoms with van der Waals surface area (Å²) in [4.78, 5) is 0.378. The molecule has 1 aliphatic rings. The van der Waals surface area contributed by atoms with E-state index in [0.717, 1.165) is 17.1 Å². The van der Waals surface area contributed by atoms with E-state index in [1.807, 2.05) is 42.7 Å². The summed E-state index contributed by atoms with van der Waals surface area (Å²) in [5.74, 6) is 3.29. The molecule has 0 spiro atoms. The summed E-state index contributed by atoms with van der Waals surface area (Å²) in [5.41, 5.74) is 0.799. The minimum atomic E-state index is -3.43. The molecule has 1 aliphatic heterocycles. The Morgan fingerprint density at radius 2 is 2.10 bits per heavy atom. The number of rotatable bonds is 6. The molecule has 2 rings (SSSR count). The molecule has 112 valence electrons. The van der Waals surface area contributed by atoms with Crippen LogP contribution in [0.2, 0.25) is 0 Å². The van der Waals surface area contributed by atoms with Crippen molar-refractivity contribution in [2.75, 3.05) is 30.9 Å². The van der Waals surface area contributed by atoms with Gasteiger partial charge in [0, 0.05) is 35.6 Å². The van der Waals surface area contributed by atoms with Crippen molar-refractivity contribution in [3.63, 3.8) is 0 Å². The Morgan fingerprint density at radius 3 is 2.80 bits per heavy atom. The Balaban J connectivity index is 2.05. The second-order valence-electron chi connectivity index (χ2n) is 4.56. The van der Waals surface area contributed by atoms with Gasteiger partial charge < -0.3 is 5.32 Å². The molecule has 1 aromatic carbocycles. The SMILES string of the molecule is CNCc1ccccc1S(=O)(=O)NCC1CSCCS1. The monoisotopic (exact) mass is 332 g/mol. The zero-order chi connectivity index (χ0) is 14.4. The average molecular weight is 333 g/mol. The fourth-order valence-electron chi connectivity index (χ4n) is 2.04. The fraction of sp³-hybridized carbons (Fsp3) is 0.538. The lowest BCUT2D eigenvalue weighted by atomic mass is 10.2. The van der Waals surface area contributed by atoms with Crippen LogP contribution >= 0.6 is 23.5 Å². The smallest absolute Gasteiger partial charge is 0.240 e. The van der Waals surface area contributed by atoms with Gasteiger partial charge in [0.05, 0.1) is 4.90 Å². The summed E-state index contributed by atoms with van der Waals surface area (Å²) in [5, 5.41) is 3.38. The standard InChI is InChI=1S/C13H20N2O2S3/c1-14-8-11-4-2-3-5-13(11)20(16,17)15-9-12-10-18-6-7-19-12/h2-5,12,14-15H,6-10H2,1H3. The average Bonchev–Trinajstić information content (AvgIpc) is 2.47. The van der Waals surface area contributed by atoms with Gasteiger partial charge in [-0.25, -0.2) is 13.1 Å². The van der Waals surface area contributed by atoms with Gasteiger partial charge in [0.25, 0.3) is 0 Å². The molecule has 0 radical (unpaired) electrons. The highest BCUT2D eigenvalue weighted by molar-refractivity contribution is 8.06. The van der Waals surface area contributed by atoms with Gasteiger partial charge in [0.2, 0.25) is 10.0 Å². The van der Waals surface area contributed by atoms with Gasteiger partial charge in [-0.1, -0.05) is 18.2 Å². The van der Waals surface area contributed by atoms with Crippen LogP contribution in [0.4, 0.5) is 0 Å². The number of hydrogen-bond donors (Lipinski definition) is 2. The Labute approximate surface area is 129 Å². The van der Waals surface area contributed by atoms with Crippen LogP contribution in [-0.4, -0.2) is 44.5 Å². The van der Waals surface area contributed by atoms with E-state index in [2.05, 4.69) is 10.0 Å². The molecule has 4 nitrogen and oxygen atoms in total. The molecule has 0 amide bonds. The van der Waals surface area contributed by atoms with E-state index in [9.17, 15) is 8.42 Å². The van der Waals surface area contributed by atoms with Crippen molar-refractivity contribution in [2.24, 2.45) is 0 Å². The summed E-state index contributed by atoms with van der Waals surface area (Å²) in [6, 6.07) is 7.13. The highest BCUT2D eigenvalue weighted by Gasteiger charge is 2.21. The number of nitrogens with one attached hydrogen (secondary N) is 2. The summed E-state index contributed by atoms with van der Waals surface area (Å²) in [6.45, 7) is 1.05. The molecule has 2 N–H and O–H groups in total. The van der Waals surface area contributed by atoms with Crippen molar-refractivity contribution in [3.05, 3.63) is 29.8 Å². The fourth-order valence-corrected chi connectivity index (χ4v) is 6.07. The highest BCUT2D eigenvalue weighted by atomic mass is 32.2. The van der Waals surface area contributed by atoms with Crippen LogP contribution in [0.1, 0.15) is 5.56 Å². The van der Waals surface area contributed by atoms with Crippen molar-refractivity contribution in [1.29, 1.82) is 0 Å². The zero-order valence-electron chi connectivity index (χ0n) is 11.5. The first-order chi connectivity index (χ1) is 9.63. The van der Waals surface area contributed by atoms with Crippen molar-refractivity contribution in [1.82, 2.24) is 10.0 Å². The topological polar surface area (TPSA) is 58.2 Å². The van der Waals surface area contributed by atoms with Crippen LogP contribution in [0.3, 0.4) is 0 Å². The Morgan fingerprint density at radius 1 is 1.30 bits per heavy atom. The Bertz CT molecular complexity index is 528. The molecule has 1 saturated heterocycles. The second kappa shape index (κ2) is 7.70. The molecule has 1 fully saturated rings. The lowest BCUT2D eigenvalue weighted by molar-refractivity contribution is 0.579. The van der Waals surface area contributed by atoms with Crippen LogP contribution in [0.5, 0.6) is 0 Å². The summed E-state index contributed by atoms with van der Waals surface area (Å²) < 4.78 is 27.6. The zero-order valence-corrected chi connectivity index (χ0v) is 13.9. The number of thioether (sulfide) groups is 2. The largest absolute Gasteiger partial charge is 0.316 e. The van der Waals surface area contributed by atoms with Gasteiger partial charge in [-0.15, -0.1) is 0 Å². The van der Waals surface area contributed by atoms with Crippen molar-refractivity contribution >= 4 is 33.5 Å². The van der Waals surface area contributed by atoms with Gasteiger partial charge in [0.1, 0.15) is 0 Å². The Hall–Kier alpha value is -0.210. The lowest BCUT2D eigenvalue weighted by Crippen LogP contribution is -2.34. The van der Waals surface area contributed by atoms with E-state index in [-0.39, 0.29) is 0 Å². The molecule has 0 aliphatic carbocycles.